The third kappa shape index (κ3) is 3.03. The molecule has 1 rings (SSSR count). The SMILES string of the molecule is O=C(NC(CO)C(=O)O)c1ccccn1. The van der Waals surface area contributed by atoms with Crippen LogP contribution in [0.2, 0.25) is 0 Å². The van der Waals surface area contributed by atoms with Gasteiger partial charge in [0.15, 0.2) is 6.04 Å². The number of carboxylic acid groups (broad SMARTS) is 1. The summed E-state index contributed by atoms with van der Waals surface area (Å²) in [5.74, 6) is -1.92. The Morgan fingerprint density at radius 1 is 1.47 bits per heavy atom. The Bertz CT molecular complexity index is 352. The number of carbonyl (C=O) groups is 2. The van der Waals surface area contributed by atoms with Crippen molar-refractivity contribution in [2.45, 2.75) is 6.04 Å². The summed E-state index contributed by atoms with van der Waals surface area (Å²) in [7, 11) is 0. The number of aromatic nitrogens is 1. The van der Waals surface area contributed by atoms with Gasteiger partial charge in [-0.25, -0.2) is 4.79 Å². The van der Waals surface area contributed by atoms with E-state index in [0.717, 1.165) is 0 Å². The molecule has 1 aromatic heterocycles. The second kappa shape index (κ2) is 5.06. The van der Waals surface area contributed by atoms with Gasteiger partial charge in [0.05, 0.1) is 6.61 Å². The minimum Gasteiger partial charge on any atom is -0.480 e. The maximum Gasteiger partial charge on any atom is 0.328 e. The summed E-state index contributed by atoms with van der Waals surface area (Å²) in [5, 5.41) is 19.4. The molecule has 1 aromatic rings. The average molecular weight is 210 g/mol. The van der Waals surface area contributed by atoms with Gasteiger partial charge in [-0.05, 0) is 12.1 Å². The van der Waals surface area contributed by atoms with Gasteiger partial charge in [0.2, 0.25) is 0 Å². The van der Waals surface area contributed by atoms with E-state index in [9.17, 15) is 9.59 Å². The molecule has 0 saturated carbocycles. The second-order valence-corrected chi connectivity index (χ2v) is 2.76. The fourth-order valence-corrected chi connectivity index (χ4v) is 0.915. The first-order chi connectivity index (χ1) is 7.15. The fourth-order valence-electron chi connectivity index (χ4n) is 0.915. The third-order valence-corrected chi connectivity index (χ3v) is 1.68. The van der Waals surface area contributed by atoms with Gasteiger partial charge < -0.3 is 15.5 Å². The lowest BCUT2D eigenvalue weighted by Gasteiger charge is -2.10. The molecule has 0 radical (unpaired) electrons. The predicted molar refractivity (Wildman–Crippen MR) is 50.2 cm³/mol. The highest BCUT2D eigenvalue weighted by Crippen LogP contribution is 1.94. The van der Waals surface area contributed by atoms with E-state index in [-0.39, 0.29) is 5.69 Å². The number of aliphatic carboxylic acids is 1. The topological polar surface area (TPSA) is 99.5 Å². The van der Waals surface area contributed by atoms with Crippen molar-refractivity contribution < 1.29 is 19.8 Å². The molecule has 0 fully saturated rings. The minimum atomic E-state index is -1.31. The van der Waals surface area contributed by atoms with Crippen LogP contribution < -0.4 is 5.32 Å². The molecule has 0 aliphatic heterocycles. The number of amides is 1. The zero-order valence-corrected chi connectivity index (χ0v) is 7.75. The summed E-state index contributed by atoms with van der Waals surface area (Å²) in [5.41, 5.74) is 0.109. The molecule has 15 heavy (non-hydrogen) atoms. The van der Waals surface area contributed by atoms with Crippen LogP contribution in [0.1, 0.15) is 10.5 Å². The first kappa shape index (κ1) is 11.1. The van der Waals surface area contributed by atoms with Crippen molar-refractivity contribution in [2.75, 3.05) is 6.61 Å². The van der Waals surface area contributed by atoms with Crippen LogP contribution in [0.5, 0.6) is 0 Å². The molecule has 0 spiro atoms. The molecule has 0 saturated heterocycles. The van der Waals surface area contributed by atoms with E-state index in [4.69, 9.17) is 10.2 Å². The number of nitrogens with zero attached hydrogens (tertiary/aromatic N) is 1. The lowest BCUT2D eigenvalue weighted by Crippen LogP contribution is -2.43. The monoisotopic (exact) mass is 210 g/mol. The second-order valence-electron chi connectivity index (χ2n) is 2.76. The molecule has 0 bridgehead atoms. The number of carbonyl (C=O) groups excluding carboxylic acids is 1. The number of rotatable bonds is 4. The van der Waals surface area contributed by atoms with Gasteiger partial charge in [-0.3, -0.25) is 9.78 Å². The Balaban J connectivity index is 2.67. The molecular weight excluding hydrogens is 200 g/mol. The van der Waals surface area contributed by atoms with Crippen molar-refractivity contribution in [2.24, 2.45) is 0 Å². The Hall–Kier alpha value is -1.95. The van der Waals surface area contributed by atoms with Crippen molar-refractivity contribution >= 4 is 11.9 Å². The van der Waals surface area contributed by atoms with E-state index in [1.165, 1.54) is 12.3 Å². The van der Waals surface area contributed by atoms with E-state index in [2.05, 4.69) is 10.3 Å². The molecule has 0 aliphatic rings. The van der Waals surface area contributed by atoms with Crippen LogP contribution in [-0.2, 0) is 4.79 Å². The number of nitrogens with one attached hydrogen (secondary N) is 1. The number of aliphatic hydroxyl groups excluding tert-OH is 1. The normalized spacial score (nSPS) is 11.8. The molecule has 3 N–H and O–H groups in total. The van der Waals surface area contributed by atoms with Crippen molar-refractivity contribution in [3.05, 3.63) is 30.1 Å². The van der Waals surface area contributed by atoms with E-state index >= 15 is 0 Å². The van der Waals surface area contributed by atoms with Gasteiger partial charge in [0.1, 0.15) is 5.69 Å². The smallest absolute Gasteiger partial charge is 0.328 e. The predicted octanol–water partition coefficient (Wildman–Crippen LogP) is -0.743. The van der Waals surface area contributed by atoms with Gasteiger partial charge in [-0.2, -0.15) is 0 Å². The molecule has 1 amide bonds. The largest absolute Gasteiger partial charge is 0.480 e. The summed E-state index contributed by atoms with van der Waals surface area (Å²) in [4.78, 5) is 25.6. The maximum absolute atomic E-state index is 11.4. The quantitative estimate of drug-likeness (QED) is 0.607. The summed E-state index contributed by atoms with van der Waals surface area (Å²) in [6.07, 6.45) is 1.42. The lowest BCUT2D eigenvalue weighted by molar-refractivity contribution is -0.140. The highest BCUT2D eigenvalue weighted by atomic mass is 16.4. The van der Waals surface area contributed by atoms with E-state index in [1.807, 2.05) is 0 Å². The van der Waals surface area contributed by atoms with Gasteiger partial charge in [0.25, 0.3) is 5.91 Å². The van der Waals surface area contributed by atoms with E-state index < -0.39 is 24.5 Å². The van der Waals surface area contributed by atoms with E-state index in [1.54, 1.807) is 12.1 Å². The summed E-state index contributed by atoms with van der Waals surface area (Å²) in [6.45, 7) is -0.659. The Morgan fingerprint density at radius 2 is 2.20 bits per heavy atom. The summed E-state index contributed by atoms with van der Waals surface area (Å²) >= 11 is 0. The standard InChI is InChI=1S/C9H10N2O4/c12-5-7(9(14)15)11-8(13)6-3-1-2-4-10-6/h1-4,7,12H,5H2,(H,11,13)(H,14,15). The maximum atomic E-state index is 11.4. The highest BCUT2D eigenvalue weighted by Gasteiger charge is 2.19. The molecule has 1 atom stereocenters. The average Bonchev–Trinajstić information content (AvgIpc) is 2.26. The molecule has 1 heterocycles. The first-order valence-corrected chi connectivity index (χ1v) is 4.20. The molecule has 0 aromatic carbocycles. The lowest BCUT2D eigenvalue weighted by atomic mass is 10.3. The summed E-state index contributed by atoms with van der Waals surface area (Å²) in [6, 6.07) is 3.39. The summed E-state index contributed by atoms with van der Waals surface area (Å²) < 4.78 is 0. The fraction of sp³-hybridized carbons (Fsp3) is 0.222. The van der Waals surface area contributed by atoms with Crippen LogP contribution >= 0.6 is 0 Å². The van der Waals surface area contributed by atoms with Crippen molar-refractivity contribution in [3.63, 3.8) is 0 Å². The van der Waals surface area contributed by atoms with Crippen molar-refractivity contribution in [3.8, 4) is 0 Å². The minimum absolute atomic E-state index is 0.109. The van der Waals surface area contributed by atoms with Crippen LogP contribution in [0.3, 0.4) is 0 Å². The zero-order valence-electron chi connectivity index (χ0n) is 7.75. The molecule has 1 unspecified atom stereocenters. The highest BCUT2D eigenvalue weighted by molar-refractivity contribution is 5.94. The molecular formula is C9H10N2O4. The van der Waals surface area contributed by atoms with Crippen LogP contribution in [0.4, 0.5) is 0 Å². The van der Waals surface area contributed by atoms with E-state index in [0.29, 0.717) is 0 Å². The third-order valence-electron chi connectivity index (χ3n) is 1.68. The van der Waals surface area contributed by atoms with Gasteiger partial charge in [-0.1, -0.05) is 6.07 Å². The number of hydrogen-bond donors (Lipinski definition) is 3. The van der Waals surface area contributed by atoms with Crippen LogP contribution in [0.25, 0.3) is 0 Å². The number of pyridine rings is 1. The Kier molecular flexibility index (Phi) is 3.75. The molecule has 6 heteroatoms. The molecule has 0 aliphatic carbocycles. The number of hydrogen-bond acceptors (Lipinski definition) is 4. The number of aliphatic hydroxyl groups is 1. The Labute approximate surface area is 85.6 Å². The van der Waals surface area contributed by atoms with Gasteiger partial charge >= 0.3 is 5.97 Å². The first-order valence-electron chi connectivity index (χ1n) is 4.20. The number of carboxylic acids is 1. The Morgan fingerprint density at radius 3 is 2.67 bits per heavy atom. The van der Waals surface area contributed by atoms with Gasteiger partial charge in [0, 0.05) is 6.20 Å². The van der Waals surface area contributed by atoms with Crippen molar-refractivity contribution in [1.82, 2.24) is 10.3 Å². The van der Waals surface area contributed by atoms with Crippen LogP contribution in [-0.4, -0.2) is 39.7 Å². The van der Waals surface area contributed by atoms with Gasteiger partial charge in [-0.15, -0.1) is 0 Å². The zero-order chi connectivity index (χ0) is 11.3. The van der Waals surface area contributed by atoms with Crippen molar-refractivity contribution in [1.29, 1.82) is 0 Å². The van der Waals surface area contributed by atoms with Crippen LogP contribution in [0.15, 0.2) is 24.4 Å². The van der Waals surface area contributed by atoms with Crippen LogP contribution in [0, 0.1) is 0 Å². The molecule has 80 valence electrons. The molecule has 6 nitrogen and oxygen atoms in total.